The number of nitrogen functional groups attached to an aromatic ring is 1. The normalized spacial score (nSPS) is 10.1. The van der Waals surface area contributed by atoms with Crippen LogP contribution in [-0.4, -0.2) is 22.8 Å². The number of hydrogen-bond acceptors (Lipinski definition) is 5. The Bertz CT molecular complexity index is 817. The minimum atomic E-state index is -1.07. The smallest absolute Gasteiger partial charge is 0.323 e. The molecule has 0 saturated carbocycles. The standard InChI is InChI=1S/C17H17N3O4/c1-10-6-7-15(22)14(8-10)19-16(23)17(24)20(11(2)21)13-5-3-4-12(18)9-13/h3-9,22H,18H2,1-2H3,(H,19,23). The fraction of sp³-hybridized carbons (Fsp3) is 0.118. The zero-order valence-electron chi connectivity index (χ0n) is 13.2. The van der Waals surface area contributed by atoms with Gasteiger partial charge in [0.2, 0.25) is 5.91 Å². The van der Waals surface area contributed by atoms with E-state index in [0.717, 1.165) is 10.5 Å². The first-order valence-corrected chi connectivity index (χ1v) is 7.10. The summed E-state index contributed by atoms with van der Waals surface area (Å²) in [4.78, 5) is 37.1. The van der Waals surface area contributed by atoms with Gasteiger partial charge in [-0.3, -0.25) is 14.4 Å². The van der Waals surface area contributed by atoms with Crippen LogP contribution >= 0.6 is 0 Å². The van der Waals surface area contributed by atoms with Gasteiger partial charge in [-0.05, 0) is 42.8 Å². The molecule has 7 nitrogen and oxygen atoms in total. The number of benzene rings is 2. The van der Waals surface area contributed by atoms with Crippen molar-refractivity contribution in [2.75, 3.05) is 16.0 Å². The molecule has 0 aromatic heterocycles. The molecule has 0 aliphatic carbocycles. The van der Waals surface area contributed by atoms with Gasteiger partial charge in [-0.25, -0.2) is 4.90 Å². The van der Waals surface area contributed by atoms with Crippen LogP contribution in [0.5, 0.6) is 5.75 Å². The molecule has 0 atom stereocenters. The van der Waals surface area contributed by atoms with Gasteiger partial charge in [0.25, 0.3) is 0 Å². The van der Waals surface area contributed by atoms with Gasteiger partial charge in [0.1, 0.15) is 5.75 Å². The van der Waals surface area contributed by atoms with E-state index in [1.165, 1.54) is 31.2 Å². The van der Waals surface area contributed by atoms with Crippen LogP contribution in [0.15, 0.2) is 42.5 Å². The largest absolute Gasteiger partial charge is 0.506 e. The Balaban J connectivity index is 2.28. The number of carbonyl (C=O) groups is 3. The summed E-state index contributed by atoms with van der Waals surface area (Å²) in [7, 11) is 0. The molecule has 2 aromatic rings. The number of phenols is 1. The predicted octanol–water partition coefficient (Wildman–Crippen LogP) is 1.80. The first-order valence-electron chi connectivity index (χ1n) is 7.10. The van der Waals surface area contributed by atoms with Gasteiger partial charge in [0, 0.05) is 12.6 Å². The van der Waals surface area contributed by atoms with Crippen molar-refractivity contribution in [3.8, 4) is 5.75 Å². The summed E-state index contributed by atoms with van der Waals surface area (Å²) in [5, 5.41) is 12.1. The van der Waals surface area contributed by atoms with Crippen molar-refractivity contribution in [2.24, 2.45) is 0 Å². The summed E-state index contributed by atoms with van der Waals surface area (Å²) < 4.78 is 0. The van der Waals surface area contributed by atoms with Gasteiger partial charge in [0.05, 0.1) is 11.4 Å². The van der Waals surface area contributed by atoms with E-state index in [-0.39, 0.29) is 17.1 Å². The van der Waals surface area contributed by atoms with E-state index in [0.29, 0.717) is 5.69 Å². The van der Waals surface area contributed by atoms with Crippen LogP contribution in [0.25, 0.3) is 0 Å². The molecule has 0 saturated heterocycles. The third-order valence-electron chi connectivity index (χ3n) is 3.24. The number of nitrogens with zero attached hydrogens (tertiary/aromatic N) is 1. The molecule has 0 unspecified atom stereocenters. The Labute approximate surface area is 138 Å². The zero-order chi connectivity index (χ0) is 17.9. The van der Waals surface area contributed by atoms with Crippen LogP contribution in [-0.2, 0) is 14.4 Å². The number of amides is 3. The summed E-state index contributed by atoms with van der Waals surface area (Å²) in [6.07, 6.45) is 0. The lowest BCUT2D eigenvalue weighted by atomic mass is 10.2. The number of nitrogens with two attached hydrogens (primary N) is 1. The number of aromatic hydroxyl groups is 1. The van der Waals surface area contributed by atoms with Crippen LogP contribution in [0.3, 0.4) is 0 Å². The average molecular weight is 327 g/mol. The molecular formula is C17H17N3O4. The predicted molar refractivity (Wildman–Crippen MR) is 90.5 cm³/mol. The first-order chi connectivity index (χ1) is 11.3. The average Bonchev–Trinajstić information content (AvgIpc) is 2.50. The summed E-state index contributed by atoms with van der Waals surface area (Å²) in [5.74, 6) is -2.93. The topological polar surface area (TPSA) is 113 Å². The molecule has 4 N–H and O–H groups in total. The Hall–Kier alpha value is -3.35. The van der Waals surface area contributed by atoms with E-state index in [1.54, 1.807) is 25.1 Å². The second kappa shape index (κ2) is 6.82. The second-order valence-corrected chi connectivity index (χ2v) is 5.23. The lowest BCUT2D eigenvalue weighted by Crippen LogP contribution is -2.42. The number of rotatable bonds is 2. The molecular weight excluding hydrogens is 310 g/mol. The third-order valence-corrected chi connectivity index (χ3v) is 3.24. The monoisotopic (exact) mass is 327 g/mol. The van der Waals surface area contributed by atoms with Gasteiger partial charge in [-0.2, -0.15) is 0 Å². The number of nitrogens with one attached hydrogen (secondary N) is 1. The van der Waals surface area contributed by atoms with Crippen LogP contribution in [0.2, 0.25) is 0 Å². The number of aryl methyl sites for hydroxylation is 1. The maximum absolute atomic E-state index is 12.4. The van der Waals surface area contributed by atoms with Gasteiger partial charge >= 0.3 is 11.8 Å². The summed E-state index contributed by atoms with van der Waals surface area (Å²) in [6.45, 7) is 2.93. The van der Waals surface area contributed by atoms with E-state index >= 15 is 0 Å². The minimum Gasteiger partial charge on any atom is -0.506 e. The molecule has 0 spiro atoms. The van der Waals surface area contributed by atoms with E-state index in [1.807, 2.05) is 0 Å². The lowest BCUT2D eigenvalue weighted by Gasteiger charge is -2.19. The Morgan fingerprint density at radius 3 is 2.46 bits per heavy atom. The maximum Gasteiger partial charge on any atom is 0.323 e. The SMILES string of the molecule is CC(=O)N(C(=O)C(=O)Nc1cc(C)ccc1O)c1cccc(N)c1. The highest BCUT2D eigenvalue weighted by Gasteiger charge is 2.27. The van der Waals surface area contributed by atoms with E-state index in [9.17, 15) is 19.5 Å². The first kappa shape index (κ1) is 17.0. The van der Waals surface area contributed by atoms with Crippen LogP contribution in [0, 0.1) is 6.92 Å². The van der Waals surface area contributed by atoms with E-state index in [2.05, 4.69) is 5.32 Å². The van der Waals surface area contributed by atoms with Crippen molar-refractivity contribution in [1.29, 1.82) is 0 Å². The number of anilines is 3. The summed E-state index contributed by atoms with van der Waals surface area (Å²) in [5.41, 5.74) is 7.07. The van der Waals surface area contributed by atoms with Crippen LogP contribution in [0.1, 0.15) is 12.5 Å². The molecule has 0 aliphatic heterocycles. The van der Waals surface area contributed by atoms with Crippen molar-refractivity contribution in [2.45, 2.75) is 13.8 Å². The molecule has 0 radical (unpaired) electrons. The molecule has 0 bridgehead atoms. The molecule has 2 rings (SSSR count). The number of imide groups is 1. The quantitative estimate of drug-likeness (QED) is 0.442. The van der Waals surface area contributed by atoms with Crippen molar-refractivity contribution < 1.29 is 19.5 Å². The third kappa shape index (κ3) is 3.70. The van der Waals surface area contributed by atoms with Crippen molar-refractivity contribution in [3.05, 3.63) is 48.0 Å². The summed E-state index contributed by atoms with van der Waals surface area (Å²) >= 11 is 0. The van der Waals surface area contributed by atoms with E-state index in [4.69, 9.17) is 5.73 Å². The van der Waals surface area contributed by atoms with Crippen molar-refractivity contribution in [3.63, 3.8) is 0 Å². The molecule has 124 valence electrons. The number of hydrogen-bond donors (Lipinski definition) is 3. The van der Waals surface area contributed by atoms with Crippen molar-refractivity contribution >= 4 is 34.8 Å². The van der Waals surface area contributed by atoms with Crippen LogP contribution < -0.4 is 16.0 Å². The highest BCUT2D eigenvalue weighted by atomic mass is 16.3. The minimum absolute atomic E-state index is 0.0874. The molecule has 3 amide bonds. The van der Waals surface area contributed by atoms with Crippen molar-refractivity contribution in [1.82, 2.24) is 0 Å². The van der Waals surface area contributed by atoms with Gasteiger partial charge < -0.3 is 16.2 Å². The Kier molecular flexibility index (Phi) is 4.84. The number of carbonyl (C=O) groups excluding carboxylic acids is 3. The zero-order valence-corrected chi connectivity index (χ0v) is 13.2. The second-order valence-electron chi connectivity index (χ2n) is 5.23. The molecule has 0 heterocycles. The molecule has 7 heteroatoms. The van der Waals surface area contributed by atoms with Gasteiger partial charge in [0.15, 0.2) is 0 Å². The molecule has 24 heavy (non-hydrogen) atoms. The van der Waals surface area contributed by atoms with Gasteiger partial charge in [-0.1, -0.05) is 12.1 Å². The molecule has 2 aromatic carbocycles. The Morgan fingerprint density at radius 1 is 1.12 bits per heavy atom. The highest BCUT2D eigenvalue weighted by molar-refractivity contribution is 6.48. The molecule has 0 aliphatic rings. The maximum atomic E-state index is 12.4. The van der Waals surface area contributed by atoms with Crippen LogP contribution in [0.4, 0.5) is 17.1 Å². The summed E-state index contributed by atoms with van der Waals surface area (Å²) in [6, 6.07) is 10.6. The molecule has 0 fully saturated rings. The van der Waals surface area contributed by atoms with E-state index < -0.39 is 17.7 Å². The number of phenolic OH excluding ortho intramolecular Hbond substituents is 1. The fourth-order valence-electron chi connectivity index (χ4n) is 2.13. The fourth-order valence-corrected chi connectivity index (χ4v) is 2.13. The van der Waals surface area contributed by atoms with Gasteiger partial charge in [-0.15, -0.1) is 0 Å². The lowest BCUT2D eigenvalue weighted by molar-refractivity contribution is -0.136. The Morgan fingerprint density at radius 2 is 1.83 bits per heavy atom. The highest BCUT2D eigenvalue weighted by Crippen LogP contribution is 2.24.